The molecule has 2 heterocycles. The lowest BCUT2D eigenvalue weighted by atomic mass is 9.89. The Morgan fingerprint density at radius 2 is 1.86 bits per heavy atom. The van der Waals surface area contributed by atoms with Gasteiger partial charge < -0.3 is 15.2 Å². The molecule has 0 radical (unpaired) electrons. The van der Waals surface area contributed by atoms with Crippen LogP contribution in [0.2, 0.25) is 0 Å². The number of hydrogen-bond donors (Lipinski definition) is 3. The number of hydrazine groups is 1. The highest BCUT2D eigenvalue weighted by Gasteiger charge is 2.34. The van der Waals surface area contributed by atoms with Gasteiger partial charge in [0, 0.05) is 25.4 Å². The second-order valence-electron chi connectivity index (χ2n) is 12.7. The number of pyridine rings is 1. The van der Waals surface area contributed by atoms with Crippen molar-refractivity contribution in [3.8, 4) is 0 Å². The molecule has 0 unspecified atom stereocenters. The number of aromatic nitrogens is 1. The van der Waals surface area contributed by atoms with E-state index < -0.39 is 30.2 Å². The van der Waals surface area contributed by atoms with E-state index in [1.165, 1.54) is 11.9 Å². The molecular weight excluding hydrogens is 562 g/mol. The van der Waals surface area contributed by atoms with Crippen molar-refractivity contribution < 1.29 is 29.0 Å². The molecule has 0 saturated carbocycles. The Hall–Kier alpha value is -3.83. The number of fused-ring (bicyclic) bond motifs is 1. The van der Waals surface area contributed by atoms with Crippen LogP contribution in [0.15, 0.2) is 36.4 Å². The van der Waals surface area contributed by atoms with Gasteiger partial charge >= 0.3 is 11.9 Å². The van der Waals surface area contributed by atoms with Crippen molar-refractivity contribution in [3.63, 3.8) is 0 Å². The number of likely N-dealkylation sites (N-methyl/N-ethyl adjacent to an activating group) is 1. The zero-order valence-corrected chi connectivity index (χ0v) is 27.1. The van der Waals surface area contributed by atoms with E-state index in [4.69, 9.17) is 9.72 Å². The van der Waals surface area contributed by atoms with E-state index in [2.05, 4.69) is 30.7 Å². The van der Waals surface area contributed by atoms with E-state index in [-0.39, 0.29) is 29.1 Å². The van der Waals surface area contributed by atoms with Crippen LogP contribution in [0, 0.1) is 11.3 Å². The fraction of sp³-hybridized carbons (Fsp3) is 0.545. The number of carboxylic acid groups (broad SMARTS) is 1. The van der Waals surface area contributed by atoms with Crippen LogP contribution in [-0.2, 0) is 23.9 Å². The van der Waals surface area contributed by atoms with Gasteiger partial charge in [0.2, 0.25) is 5.91 Å². The lowest BCUT2D eigenvalue weighted by Gasteiger charge is -2.36. The average Bonchev–Trinajstić information content (AvgIpc) is 2.94. The van der Waals surface area contributed by atoms with Crippen molar-refractivity contribution in [2.75, 3.05) is 20.1 Å². The zero-order valence-electron chi connectivity index (χ0n) is 27.1. The normalized spacial score (nSPS) is 18.0. The van der Waals surface area contributed by atoms with Gasteiger partial charge in [-0.25, -0.2) is 10.4 Å². The van der Waals surface area contributed by atoms with Crippen molar-refractivity contribution in [3.05, 3.63) is 47.7 Å². The van der Waals surface area contributed by atoms with Gasteiger partial charge in [-0.05, 0) is 62.8 Å². The summed E-state index contributed by atoms with van der Waals surface area (Å²) in [6.07, 6.45) is 4.72. The number of benzene rings is 1. The lowest BCUT2D eigenvalue weighted by Crippen LogP contribution is -2.60. The Kier molecular flexibility index (Phi) is 11.6. The maximum atomic E-state index is 13.4. The van der Waals surface area contributed by atoms with Crippen LogP contribution in [0.25, 0.3) is 17.0 Å². The van der Waals surface area contributed by atoms with Gasteiger partial charge in [0.15, 0.2) is 0 Å². The minimum atomic E-state index is -1.00. The van der Waals surface area contributed by atoms with Crippen LogP contribution in [-0.4, -0.2) is 82.0 Å². The molecule has 11 heteroatoms. The summed E-state index contributed by atoms with van der Waals surface area (Å²) in [6, 6.07) is 7.73. The van der Waals surface area contributed by atoms with Gasteiger partial charge in [-0.2, -0.15) is 0 Å². The minimum absolute atomic E-state index is 0.0262. The number of aliphatic carboxylic acids is 1. The third-order valence-electron chi connectivity index (χ3n) is 7.74. The second-order valence-corrected chi connectivity index (χ2v) is 12.7. The van der Waals surface area contributed by atoms with E-state index >= 15 is 0 Å². The highest BCUT2D eigenvalue weighted by molar-refractivity contribution is 5.90. The predicted octanol–water partition coefficient (Wildman–Crippen LogP) is 3.94. The summed E-state index contributed by atoms with van der Waals surface area (Å²) in [5.41, 5.74) is 4.91. The Balaban J connectivity index is 1.66. The molecule has 44 heavy (non-hydrogen) atoms. The molecule has 0 aliphatic carbocycles. The summed E-state index contributed by atoms with van der Waals surface area (Å²) >= 11 is 0. The molecule has 1 aliphatic heterocycles. The molecule has 1 fully saturated rings. The zero-order chi connectivity index (χ0) is 32.8. The van der Waals surface area contributed by atoms with E-state index in [0.29, 0.717) is 31.6 Å². The van der Waals surface area contributed by atoms with E-state index in [9.17, 15) is 24.3 Å². The molecule has 1 aliphatic rings. The topological polar surface area (TPSA) is 141 Å². The lowest BCUT2D eigenvalue weighted by molar-refractivity contribution is -0.149. The van der Waals surface area contributed by atoms with Crippen LogP contribution in [0.5, 0.6) is 0 Å². The molecule has 4 atom stereocenters. The van der Waals surface area contributed by atoms with Crippen LogP contribution in [0.4, 0.5) is 0 Å². The van der Waals surface area contributed by atoms with E-state index in [1.54, 1.807) is 13.8 Å². The number of hydrogen-bond acceptors (Lipinski definition) is 8. The first-order valence-electron chi connectivity index (χ1n) is 15.2. The van der Waals surface area contributed by atoms with Gasteiger partial charge in [0.25, 0.3) is 5.91 Å². The van der Waals surface area contributed by atoms with Crippen LogP contribution in [0.1, 0.15) is 78.7 Å². The SMILES string of the molecule is CC(=O)O[C@H](C)c1ccc2ccc(/C=C/C(C)(C)CN(C)[C@H](C(=O)N[C@@H](C)C(=O)N3CCC[C@@H](C(=O)O)N3)C(C)C)cc2n1. The Morgan fingerprint density at radius 1 is 1.18 bits per heavy atom. The predicted molar refractivity (Wildman–Crippen MR) is 169 cm³/mol. The van der Waals surface area contributed by atoms with Crippen molar-refractivity contribution in [1.29, 1.82) is 0 Å². The molecule has 1 aromatic heterocycles. The first-order valence-corrected chi connectivity index (χ1v) is 15.2. The number of nitrogens with one attached hydrogen (secondary N) is 2. The standard InChI is InChI=1S/C33H47N5O6/c1-20(2)29(30(40)34-21(3)31(41)38-17-9-10-27(36-38)32(42)43)37(8)19-33(6,7)16-15-24-11-12-25-13-14-26(35-28(25)18-24)22(4)44-23(5)39/h11-16,18,20-22,27,29,36H,9-10,17,19H2,1-8H3,(H,34,40)(H,42,43)/b16-15+/t21-,22+,27-,29-/m0/s1. The van der Waals surface area contributed by atoms with Crippen molar-refractivity contribution in [1.82, 2.24) is 25.6 Å². The quantitative estimate of drug-likeness (QED) is 0.305. The largest absolute Gasteiger partial charge is 0.480 e. The monoisotopic (exact) mass is 609 g/mol. The average molecular weight is 610 g/mol. The Morgan fingerprint density at radius 3 is 2.50 bits per heavy atom. The van der Waals surface area contributed by atoms with Crippen molar-refractivity contribution >= 4 is 40.7 Å². The first-order chi connectivity index (χ1) is 20.6. The van der Waals surface area contributed by atoms with Gasteiger partial charge in [-0.1, -0.05) is 58.0 Å². The molecular formula is C33H47N5O6. The summed E-state index contributed by atoms with van der Waals surface area (Å²) in [5.74, 6) is -2.00. The van der Waals surface area contributed by atoms with E-state index in [1.807, 2.05) is 62.2 Å². The fourth-order valence-corrected chi connectivity index (χ4v) is 5.63. The number of rotatable bonds is 12. The van der Waals surface area contributed by atoms with E-state index in [0.717, 1.165) is 16.5 Å². The molecule has 0 spiro atoms. The summed E-state index contributed by atoms with van der Waals surface area (Å²) in [7, 11) is 1.90. The van der Waals surface area contributed by atoms with Crippen LogP contribution >= 0.6 is 0 Å². The summed E-state index contributed by atoms with van der Waals surface area (Å²) in [4.78, 5) is 55.9. The fourth-order valence-electron chi connectivity index (χ4n) is 5.63. The Bertz CT molecular complexity index is 1390. The number of carboxylic acids is 1. The first kappa shape index (κ1) is 34.7. The van der Waals surface area contributed by atoms with Crippen molar-refractivity contribution in [2.24, 2.45) is 11.3 Å². The minimum Gasteiger partial charge on any atom is -0.480 e. The maximum absolute atomic E-state index is 13.4. The summed E-state index contributed by atoms with van der Waals surface area (Å²) in [5, 5.41) is 14.5. The van der Waals surface area contributed by atoms with Crippen LogP contribution in [0.3, 0.4) is 0 Å². The molecule has 240 valence electrons. The van der Waals surface area contributed by atoms with Gasteiger partial charge in [0.05, 0.1) is 17.3 Å². The number of carbonyl (C=O) groups is 4. The smallest absolute Gasteiger partial charge is 0.322 e. The molecule has 3 rings (SSSR count). The molecule has 2 aromatic rings. The maximum Gasteiger partial charge on any atom is 0.322 e. The highest BCUT2D eigenvalue weighted by Crippen LogP contribution is 2.25. The number of nitrogens with zero attached hydrogens (tertiary/aromatic N) is 3. The van der Waals surface area contributed by atoms with Crippen molar-refractivity contribution in [2.45, 2.75) is 85.5 Å². The summed E-state index contributed by atoms with van der Waals surface area (Å²) in [6.45, 7) is 13.9. The molecule has 11 nitrogen and oxygen atoms in total. The molecule has 1 saturated heterocycles. The molecule has 1 aromatic carbocycles. The number of amides is 2. The highest BCUT2D eigenvalue weighted by atomic mass is 16.5. The third kappa shape index (κ3) is 9.33. The van der Waals surface area contributed by atoms with Gasteiger partial charge in [-0.15, -0.1) is 0 Å². The molecule has 2 amide bonds. The number of esters is 1. The summed E-state index contributed by atoms with van der Waals surface area (Å²) < 4.78 is 5.28. The third-order valence-corrected chi connectivity index (χ3v) is 7.74. The Labute approximate surface area is 260 Å². The van der Waals surface area contributed by atoms with Gasteiger partial charge in [-0.3, -0.25) is 29.1 Å². The number of ether oxygens (including phenoxy) is 1. The molecule has 0 bridgehead atoms. The number of carbonyl (C=O) groups excluding carboxylic acids is 3. The molecule has 3 N–H and O–H groups in total. The van der Waals surface area contributed by atoms with Crippen LogP contribution < -0.4 is 10.7 Å². The second kappa shape index (κ2) is 14.8. The van der Waals surface area contributed by atoms with Gasteiger partial charge in [0.1, 0.15) is 18.2 Å².